The minimum Gasteiger partial charge on any atom is -0.497 e. The van der Waals surface area contributed by atoms with E-state index < -0.39 is 0 Å². The number of hydrogen-bond acceptors (Lipinski definition) is 4. The van der Waals surface area contributed by atoms with E-state index in [4.69, 9.17) is 9.47 Å². The standard InChI is InChI=1S/C12H16O4/c1-7-11-8(5-13)3-4-9(11)10(6-16-7)12(14)15-2/h3,6-7,9,11,13H,4-5H2,1-2H3/t7?,9-,11-/m1/s1. The lowest BCUT2D eigenvalue weighted by Crippen LogP contribution is -2.33. The zero-order valence-corrected chi connectivity index (χ0v) is 9.47. The maximum absolute atomic E-state index is 11.6. The van der Waals surface area contributed by atoms with Gasteiger partial charge in [-0.3, -0.25) is 0 Å². The van der Waals surface area contributed by atoms with Gasteiger partial charge in [-0.1, -0.05) is 6.08 Å². The smallest absolute Gasteiger partial charge is 0.337 e. The molecule has 1 aliphatic carbocycles. The molecule has 0 saturated carbocycles. The molecule has 0 bridgehead atoms. The predicted octanol–water partition coefficient (Wildman–Crippen LogP) is 1.02. The number of hydrogen-bond donors (Lipinski definition) is 1. The van der Waals surface area contributed by atoms with E-state index in [-0.39, 0.29) is 30.5 Å². The van der Waals surface area contributed by atoms with Gasteiger partial charge in [0.2, 0.25) is 0 Å². The second-order valence-electron chi connectivity index (χ2n) is 4.21. The summed E-state index contributed by atoms with van der Waals surface area (Å²) in [7, 11) is 1.37. The SMILES string of the molecule is COC(=O)C1=COC(C)[C@@H]2C(CO)=CC[C@H]12. The molecule has 4 nitrogen and oxygen atoms in total. The number of aliphatic hydroxyl groups excluding tert-OH is 1. The predicted molar refractivity (Wildman–Crippen MR) is 57.4 cm³/mol. The summed E-state index contributed by atoms with van der Waals surface area (Å²) >= 11 is 0. The number of fused-ring (bicyclic) bond motifs is 1. The maximum Gasteiger partial charge on any atom is 0.337 e. The fourth-order valence-electron chi connectivity index (χ4n) is 2.61. The molecule has 16 heavy (non-hydrogen) atoms. The van der Waals surface area contributed by atoms with Crippen molar-refractivity contribution in [3.8, 4) is 0 Å². The van der Waals surface area contributed by atoms with Crippen LogP contribution in [0.1, 0.15) is 13.3 Å². The van der Waals surface area contributed by atoms with Gasteiger partial charge >= 0.3 is 5.97 Å². The van der Waals surface area contributed by atoms with Crippen LogP contribution in [0.3, 0.4) is 0 Å². The van der Waals surface area contributed by atoms with Crippen LogP contribution in [0.2, 0.25) is 0 Å². The first-order chi connectivity index (χ1) is 7.69. The van der Waals surface area contributed by atoms with Crippen molar-refractivity contribution in [1.82, 2.24) is 0 Å². The first kappa shape index (κ1) is 11.2. The molecule has 1 aliphatic heterocycles. The molecule has 2 aliphatic rings. The lowest BCUT2D eigenvalue weighted by atomic mass is 9.81. The zero-order chi connectivity index (χ0) is 11.7. The average Bonchev–Trinajstić information content (AvgIpc) is 2.73. The molecule has 88 valence electrons. The Labute approximate surface area is 94.5 Å². The number of aliphatic hydroxyl groups is 1. The van der Waals surface area contributed by atoms with Gasteiger partial charge in [-0.2, -0.15) is 0 Å². The van der Waals surface area contributed by atoms with Crippen molar-refractivity contribution in [2.75, 3.05) is 13.7 Å². The molecule has 1 N–H and O–H groups in total. The summed E-state index contributed by atoms with van der Waals surface area (Å²) < 4.78 is 10.2. The Hall–Kier alpha value is -1.29. The van der Waals surface area contributed by atoms with Gasteiger partial charge < -0.3 is 14.6 Å². The summed E-state index contributed by atoms with van der Waals surface area (Å²) in [5.41, 5.74) is 1.54. The molecule has 0 aromatic heterocycles. The third kappa shape index (κ3) is 1.63. The third-order valence-electron chi connectivity index (χ3n) is 3.41. The third-order valence-corrected chi connectivity index (χ3v) is 3.41. The molecule has 0 radical (unpaired) electrons. The summed E-state index contributed by atoms with van der Waals surface area (Å²) in [5, 5.41) is 9.25. The highest BCUT2D eigenvalue weighted by Gasteiger charge is 2.41. The van der Waals surface area contributed by atoms with E-state index in [9.17, 15) is 9.90 Å². The monoisotopic (exact) mass is 224 g/mol. The molecule has 0 aromatic rings. The van der Waals surface area contributed by atoms with Crippen LogP contribution < -0.4 is 0 Å². The van der Waals surface area contributed by atoms with Gasteiger partial charge in [-0.15, -0.1) is 0 Å². The van der Waals surface area contributed by atoms with Gasteiger partial charge in [-0.25, -0.2) is 4.79 Å². The largest absolute Gasteiger partial charge is 0.497 e. The number of rotatable bonds is 2. The Morgan fingerprint density at radius 1 is 1.69 bits per heavy atom. The topological polar surface area (TPSA) is 55.8 Å². The minimum atomic E-state index is -0.338. The lowest BCUT2D eigenvalue weighted by molar-refractivity contribution is -0.137. The Bertz CT molecular complexity index is 356. The molecule has 0 aromatic carbocycles. The number of carbonyl (C=O) groups excluding carboxylic acids is 1. The molecular formula is C12H16O4. The molecule has 1 unspecified atom stereocenters. The van der Waals surface area contributed by atoms with E-state index >= 15 is 0 Å². The fourth-order valence-corrected chi connectivity index (χ4v) is 2.61. The summed E-state index contributed by atoms with van der Waals surface area (Å²) in [6.07, 6.45) is 4.28. The number of methoxy groups -OCH3 is 1. The second-order valence-corrected chi connectivity index (χ2v) is 4.21. The molecule has 2 rings (SSSR count). The van der Waals surface area contributed by atoms with Crippen molar-refractivity contribution in [2.24, 2.45) is 11.8 Å². The summed E-state index contributed by atoms with van der Waals surface area (Å²) in [6.45, 7) is 1.99. The average molecular weight is 224 g/mol. The van der Waals surface area contributed by atoms with E-state index in [1.807, 2.05) is 13.0 Å². The highest BCUT2D eigenvalue weighted by Crippen LogP contribution is 2.42. The van der Waals surface area contributed by atoms with Crippen molar-refractivity contribution < 1.29 is 19.4 Å². The summed E-state index contributed by atoms with van der Waals surface area (Å²) in [4.78, 5) is 11.6. The second kappa shape index (κ2) is 4.29. The minimum absolute atomic E-state index is 0.000642. The van der Waals surface area contributed by atoms with Crippen molar-refractivity contribution in [3.63, 3.8) is 0 Å². The van der Waals surface area contributed by atoms with Crippen molar-refractivity contribution in [1.29, 1.82) is 0 Å². The molecule has 0 amide bonds. The molecule has 0 fully saturated rings. The van der Waals surface area contributed by atoms with Crippen LogP contribution in [-0.4, -0.2) is 30.9 Å². The number of carbonyl (C=O) groups is 1. The molecule has 0 spiro atoms. The van der Waals surface area contributed by atoms with Crippen LogP contribution in [0.5, 0.6) is 0 Å². The summed E-state index contributed by atoms with van der Waals surface area (Å²) in [5.74, 6) is -0.142. The Balaban J connectivity index is 2.26. The van der Waals surface area contributed by atoms with Crippen molar-refractivity contribution >= 4 is 5.97 Å². The molecular weight excluding hydrogens is 208 g/mol. The molecule has 0 saturated heterocycles. The van der Waals surface area contributed by atoms with Gasteiger partial charge in [-0.05, 0) is 18.9 Å². The Morgan fingerprint density at radius 2 is 2.44 bits per heavy atom. The number of ether oxygens (including phenoxy) is 2. The van der Waals surface area contributed by atoms with Crippen LogP contribution >= 0.6 is 0 Å². The quantitative estimate of drug-likeness (QED) is 0.562. The number of esters is 1. The van der Waals surface area contributed by atoms with Crippen LogP contribution in [-0.2, 0) is 14.3 Å². The van der Waals surface area contributed by atoms with Crippen molar-refractivity contribution in [3.05, 3.63) is 23.5 Å². The van der Waals surface area contributed by atoms with Gasteiger partial charge in [0.15, 0.2) is 0 Å². The first-order valence-electron chi connectivity index (χ1n) is 5.42. The molecule has 3 atom stereocenters. The van der Waals surface area contributed by atoms with E-state index in [2.05, 4.69) is 0 Å². The van der Waals surface area contributed by atoms with E-state index in [1.165, 1.54) is 13.4 Å². The van der Waals surface area contributed by atoms with Gasteiger partial charge in [0, 0.05) is 11.8 Å². The first-order valence-corrected chi connectivity index (χ1v) is 5.42. The highest BCUT2D eigenvalue weighted by molar-refractivity contribution is 5.89. The fraction of sp³-hybridized carbons (Fsp3) is 0.583. The van der Waals surface area contributed by atoms with Gasteiger partial charge in [0.25, 0.3) is 0 Å². The van der Waals surface area contributed by atoms with E-state index in [0.29, 0.717) is 5.57 Å². The van der Waals surface area contributed by atoms with E-state index in [1.54, 1.807) is 0 Å². The Kier molecular flexibility index (Phi) is 3.01. The van der Waals surface area contributed by atoms with Crippen LogP contribution in [0.25, 0.3) is 0 Å². The maximum atomic E-state index is 11.6. The van der Waals surface area contributed by atoms with Crippen LogP contribution in [0.4, 0.5) is 0 Å². The van der Waals surface area contributed by atoms with Gasteiger partial charge in [0.1, 0.15) is 6.10 Å². The summed E-state index contributed by atoms with van der Waals surface area (Å²) in [6, 6.07) is 0. The normalized spacial score (nSPS) is 32.3. The van der Waals surface area contributed by atoms with Crippen LogP contribution in [0, 0.1) is 11.8 Å². The van der Waals surface area contributed by atoms with Crippen LogP contribution in [0.15, 0.2) is 23.5 Å². The molecule has 1 heterocycles. The Morgan fingerprint density at radius 3 is 3.06 bits per heavy atom. The zero-order valence-electron chi connectivity index (χ0n) is 9.47. The highest BCUT2D eigenvalue weighted by atomic mass is 16.5. The van der Waals surface area contributed by atoms with Crippen molar-refractivity contribution in [2.45, 2.75) is 19.4 Å². The molecule has 4 heteroatoms. The van der Waals surface area contributed by atoms with E-state index in [0.717, 1.165) is 12.0 Å². The lowest BCUT2D eigenvalue weighted by Gasteiger charge is -2.32. The number of allylic oxidation sites excluding steroid dienone is 1. The van der Waals surface area contributed by atoms with Gasteiger partial charge in [0.05, 0.1) is 25.6 Å².